The van der Waals surface area contributed by atoms with Gasteiger partial charge in [0, 0.05) is 18.0 Å². The highest BCUT2D eigenvalue weighted by Crippen LogP contribution is 2.18. The minimum absolute atomic E-state index is 0.710. The summed E-state index contributed by atoms with van der Waals surface area (Å²) in [7, 11) is 0. The normalized spacial score (nSPS) is 21.5. The Bertz CT molecular complexity index is 321. The smallest absolute Gasteiger partial charge is 0.161 e. The van der Waals surface area contributed by atoms with Crippen LogP contribution in [0.3, 0.4) is 0 Å². The SMILES string of the molecule is CC1CN=C(Nc2ccccc2)SC1. The maximum Gasteiger partial charge on any atom is 0.161 e. The van der Waals surface area contributed by atoms with Crippen LogP contribution in [-0.2, 0) is 0 Å². The van der Waals surface area contributed by atoms with Crippen LogP contribution in [-0.4, -0.2) is 17.5 Å². The monoisotopic (exact) mass is 206 g/mol. The minimum Gasteiger partial charge on any atom is -0.335 e. The van der Waals surface area contributed by atoms with E-state index in [0.29, 0.717) is 5.92 Å². The number of thioether (sulfide) groups is 1. The van der Waals surface area contributed by atoms with Gasteiger partial charge in [-0.25, -0.2) is 0 Å². The van der Waals surface area contributed by atoms with E-state index in [1.807, 2.05) is 18.2 Å². The highest BCUT2D eigenvalue weighted by Gasteiger charge is 2.11. The first-order chi connectivity index (χ1) is 6.84. The van der Waals surface area contributed by atoms with Crippen LogP contribution in [0.25, 0.3) is 0 Å². The Morgan fingerprint density at radius 2 is 2.14 bits per heavy atom. The maximum atomic E-state index is 4.47. The van der Waals surface area contributed by atoms with Crippen LogP contribution in [0.1, 0.15) is 6.92 Å². The molecule has 0 saturated heterocycles. The zero-order valence-electron chi connectivity index (χ0n) is 8.23. The average Bonchev–Trinajstić information content (AvgIpc) is 2.23. The van der Waals surface area contributed by atoms with Gasteiger partial charge in [-0.15, -0.1) is 0 Å². The third kappa shape index (κ3) is 2.51. The Balaban J connectivity index is 1.99. The zero-order valence-corrected chi connectivity index (χ0v) is 9.05. The quantitative estimate of drug-likeness (QED) is 0.764. The van der Waals surface area contributed by atoms with Crippen molar-refractivity contribution in [3.8, 4) is 0 Å². The lowest BCUT2D eigenvalue weighted by atomic mass is 10.2. The number of benzene rings is 1. The van der Waals surface area contributed by atoms with E-state index in [9.17, 15) is 0 Å². The Hall–Kier alpha value is -0.960. The highest BCUT2D eigenvalue weighted by molar-refractivity contribution is 8.14. The van der Waals surface area contributed by atoms with Gasteiger partial charge in [0.05, 0.1) is 0 Å². The molecule has 1 unspecified atom stereocenters. The predicted octanol–water partition coefficient (Wildman–Crippen LogP) is 2.84. The van der Waals surface area contributed by atoms with Crippen LogP contribution in [0.5, 0.6) is 0 Å². The van der Waals surface area contributed by atoms with Gasteiger partial charge in [-0.3, -0.25) is 4.99 Å². The molecule has 0 saturated carbocycles. The number of nitrogens with zero attached hydrogens (tertiary/aromatic N) is 1. The number of rotatable bonds is 1. The third-order valence-corrected chi connectivity index (χ3v) is 3.32. The zero-order chi connectivity index (χ0) is 9.80. The molecule has 1 heterocycles. The number of anilines is 1. The molecule has 1 N–H and O–H groups in total. The molecule has 1 aromatic carbocycles. The van der Waals surface area contributed by atoms with Crippen LogP contribution in [0.4, 0.5) is 5.69 Å². The lowest BCUT2D eigenvalue weighted by molar-refractivity contribution is 0.674. The van der Waals surface area contributed by atoms with Crippen molar-refractivity contribution in [2.45, 2.75) is 6.92 Å². The largest absolute Gasteiger partial charge is 0.335 e. The molecule has 0 spiro atoms. The van der Waals surface area contributed by atoms with Crippen LogP contribution >= 0.6 is 11.8 Å². The first kappa shape index (κ1) is 9.59. The molecule has 3 heteroatoms. The van der Waals surface area contributed by atoms with Crippen LogP contribution < -0.4 is 5.32 Å². The average molecular weight is 206 g/mol. The van der Waals surface area contributed by atoms with Crippen molar-refractivity contribution in [3.05, 3.63) is 30.3 Å². The van der Waals surface area contributed by atoms with E-state index < -0.39 is 0 Å². The van der Waals surface area contributed by atoms with Gasteiger partial charge < -0.3 is 5.32 Å². The van der Waals surface area contributed by atoms with Crippen molar-refractivity contribution in [1.82, 2.24) is 0 Å². The molecule has 0 amide bonds. The maximum absolute atomic E-state index is 4.47. The van der Waals surface area contributed by atoms with Gasteiger partial charge in [0.25, 0.3) is 0 Å². The summed E-state index contributed by atoms with van der Waals surface area (Å²) >= 11 is 1.81. The van der Waals surface area contributed by atoms with Gasteiger partial charge in [0.1, 0.15) is 0 Å². The summed E-state index contributed by atoms with van der Waals surface area (Å²) < 4.78 is 0. The van der Waals surface area contributed by atoms with Crippen LogP contribution in [0.2, 0.25) is 0 Å². The topological polar surface area (TPSA) is 24.4 Å². The molecule has 0 fully saturated rings. The van der Waals surface area contributed by atoms with E-state index in [4.69, 9.17) is 0 Å². The molecule has 2 rings (SSSR count). The van der Waals surface area contributed by atoms with Gasteiger partial charge in [-0.2, -0.15) is 0 Å². The summed E-state index contributed by atoms with van der Waals surface area (Å²) in [6.07, 6.45) is 0. The van der Waals surface area contributed by atoms with Crippen molar-refractivity contribution in [1.29, 1.82) is 0 Å². The minimum atomic E-state index is 0.710. The van der Waals surface area contributed by atoms with E-state index in [1.165, 1.54) is 5.75 Å². The fourth-order valence-electron chi connectivity index (χ4n) is 1.28. The van der Waals surface area contributed by atoms with Crippen LogP contribution in [0.15, 0.2) is 35.3 Å². The summed E-state index contributed by atoms with van der Waals surface area (Å²) in [5.74, 6) is 1.87. The molecule has 0 radical (unpaired) electrons. The van der Waals surface area contributed by atoms with E-state index in [-0.39, 0.29) is 0 Å². The van der Waals surface area contributed by atoms with Crippen molar-refractivity contribution in [3.63, 3.8) is 0 Å². The number of aliphatic imine (C=N–C) groups is 1. The van der Waals surface area contributed by atoms with Crippen molar-refractivity contribution >= 4 is 22.6 Å². The molecule has 14 heavy (non-hydrogen) atoms. The van der Waals surface area contributed by atoms with Gasteiger partial charge in [-0.05, 0) is 18.1 Å². The molecular weight excluding hydrogens is 192 g/mol. The van der Waals surface area contributed by atoms with Crippen LogP contribution in [0, 0.1) is 5.92 Å². The predicted molar refractivity (Wildman–Crippen MR) is 64.0 cm³/mol. The summed E-state index contributed by atoms with van der Waals surface area (Å²) in [6.45, 7) is 3.18. The lowest BCUT2D eigenvalue weighted by Gasteiger charge is -2.17. The number of hydrogen-bond acceptors (Lipinski definition) is 3. The fourth-order valence-corrected chi connectivity index (χ4v) is 2.18. The van der Waals surface area contributed by atoms with Crippen molar-refractivity contribution in [2.24, 2.45) is 10.9 Å². The third-order valence-electron chi connectivity index (χ3n) is 2.08. The first-order valence-electron chi connectivity index (χ1n) is 4.84. The molecular formula is C11H14N2S. The Morgan fingerprint density at radius 3 is 2.79 bits per heavy atom. The molecule has 1 aliphatic rings. The summed E-state index contributed by atoms with van der Waals surface area (Å²) in [6, 6.07) is 10.2. The molecule has 0 aliphatic carbocycles. The van der Waals surface area contributed by atoms with E-state index in [1.54, 1.807) is 11.8 Å². The number of amidine groups is 1. The second kappa shape index (κ2) is 4.51. The highest BCUT2D eigenvalue weighted by atomic mass is 32.2. The van der Waals surface area contributed by atoms with E-state index in [0.717, 1.165) is 17.4 Å². The van der Waals surface area contributed by atoms with Gasteiger partial charge in [-0.1, -0.05) is 36.9 Å². The first-order valence-corrected chi connectivity index (χ1v) is 5.82. The molecule has 74 valence electrons. The van der Waals surface area contributed by atoms with E-state index in [2.05, 4.69) is 29.4 Å². The molecule has 0 aromatic heterocycles. The standard InChI is InChI=1S/C11H14N2S/c1-9-7-12-11(14-8-9)13-10-5-3-2-4-6-10/h2-6,9H,7-8H2,1H3,(H,12,13). The fraction of sp³-hybridized carbons (Fsp3) is 0.364. The van der Waals surface area contributed by atoms with Gasteiger partial charge in [0.2, 0.25) is 0 Å². The van der Waals surface area contributed by atoms with Crippen molar-refractivity contribution in [2.75, 3.05) is 17.6 Å². The van der Waals surface area contributed by atoms with Gasteiger partial charge in [0.15, 0.2) is 5.17 Å². The second-order valence-corrected chi connectivity index (χ2v) is 4.56. The summed E-state index contributed by atoms with van der Waals surface area (Å²) in [4.78, 5) is 4.47. The van der Waals surface area contributed by atoms with Crippen molar-refractivity contribution < 1.29 is 0 Å². The molecule has 1 aliphatic heterocycles. The lowest BCUT2D eigenvalue weighted by Crippen LogP contribution is -2.18. The summed E-state index contributed by atoms with van der Waals surface area (Å²) in [5, 5.41) is 4.36. The van der Waals surface area contributed by atoms with Gasteiger partial charge >= 0.3 is 0 Å². The molecule has 1 aromatic rings. The Kier molecular flexibility index (Phi) is 3.09. The second-order valence-electron chi connectivity index (χ2n) is 3.55. The molecule has 2 nitrogen and oxygen atoms in total. The molecule has 0 bridgehead atoms. The Labute approximate surface area is 88.8 Å². The number of hydrogen-bond donors (Lipinski definition) is 1. The number of nitrogens with one attached hydrogen (secondary N) is 1. The Morgan fingerprint density at radius 1 is 1.36 bits per heavy atom. The number of para-hydroxylation sites is 1. The van der Waals surface area contributed by atoms with E-state index >= 15 is 0 Å². The summed E-state index contributed by atoms with van der Waals surface area (Å²) in [5.41, 5.74) is 1.12. The molecule has 1 atom stereocenters.